The zero-order chi connectivity index (χ0) is 23.8. The quantitative estimate of drug-likeness (QED) is 0.487. The Labute approximate surface area is 187 Å². The first-order valence-electron chi connectivity index (χ1n) is 10.7. The second-order valence-corrected chi connectivity index (χ2v) is 8.98. The maximum atomic E-state index is 13.5. The average Bonchev–Trinajstić information content (AvgIpc) is 2.94. The third kappa shape index (κ3) is 4.75. The number of anilines is 1. The molecule has 0 aliphatic heterocycles. The van der Waals surface area contributed by atoms with Crippen molar-refractivity contribution >= 4 is 23.3 Å². The van der Waals surface area contributed by atoms with Crippen molar-refractivity contribution in [3.8, 4) is 0 Å². The number of hydrogen-bond acceptors (Lipinski definition) is 4. The highest BCUT2D eigenvalue weighted by atomic mass is 19.1. The summed E-state index contributed by atoms with van der Waals surface area (Å²) in [7, 11) is 1.64. The van der Waals surface area contributed by atoms with Crippen LogP contribution in [0.1, 0.15) is 70.3 Å². The summed E-state index contributed by atoms with van der Waals surface area (Å²) in [6.45, 7) is 6.71. The molecule has 1 aromatic carbocycles. The van der Waals surface area contributed by atoms with Gasteiger partial charge in [0.05, 0.1) is 16.9 Å². The summed E-state index contributed by atoms with van der Waals surface area (Å²) in [5.74, 6) is -2.23. The predicted octanol–water partition coefficient (Wildman–Crippen LogP) is 3.33. The minimum atomic E-state index is -0.734. The number of carbonyl (C=O) groups excluding carboxylic acids is 3. The van der Waals surface area contributed by atoms with E-state index in [1.807, 2.05) is 0 Å². The number of rotatable bonds is 5. The maximum Gasteiger partial charge on any atom is 0.294 e. The number of ketones is 1. The number of carbonyl (C=O) groups is 3. The van der Waals surface area contributed by atoms with Crippen LogP contribution in [0, 0.1) is 26.6 Å². The molecule has 1 aliphatic rings. The third-order valence-electron chi connectivity index (χ3n) is 6.39. The van der Waals surface area contributed by atoms with E-state index in [0.717, 1.165) is 0 Å². The van der Waals surface area contributed by atoms with Crippen molar-refractivity contribution in [2.75, 3.05) is 5.32 Å². The second kappa shape index (κ2) is 8.86. The van der Waals surface area contributed by atoms with E-state index in [4.69, 9.17) is 0 Å². The van der Waals surface area contributed by atoms with Crippen molar-refractivity contribution in [2.24, 2.45) is 7.05 Å². The molecule has 8 heteroatoms. The largest absolute Gasteiger partial charge is 0.390 e. The average molecular weight is 444 g/mol. The second-order valence-electron chi connectivity index (χ2n) is 8.98. The van der Waals surface area contributed by atoms with E-state index >= 15 is 0 Å². The molecule has 0 spiro atoms. The molecule has 1 saturated carbocycles. The number of hydrogen-bond donors (Lipinski definition) is 3. The van der Waals surface area contributed by atoms with Crippen LogP contribution in [0.3, 0.4) is 0 Å². The smallest absolute Gasteiger partial charge is 0.294 e. The van der Waals surface area contributed by atoms with Gasteiger partial charge in [0.1, 0.15) is 5.82 Å². The van der Waals surface area contributed by atoms with E-state index in [-0.39, 0.29) is 17.6 Å². The van der Waals surface area contributed by atoms with Crippen LogP contribution >= 0.6 is 0 Å². The van der Waals surface area contributed by atoms with Crippen molar-refractivity contribution in [1.82, 2.24) is 9.88 Å². The van der Waals surface area contributed by atoms with Crippen molar-refractivity contribution in [1.29, 1.82) is 0 Å². The summed E-state index contributed by atoms with van der Waals surface area (Å²) in [5, 5.41) is 15.6. The Balaban J connectivity index is 1.78. The number of amides is 2. The lowest BCUT2D eigenvalue weighted by atomic mass is 9.83. The molecule has 0 radical (unpaired) electrons. The Kier molecular flexibility index (Phi) is 6.55. The Morgan fingerprint density at radius 1 is 1.16 bits per heavy atom. The fraction of sp³-hybridized carbons (Fsp3) is 0.458. The predicted molar refractivity (Wildman–Crippen MR) is 119 cm³/mol. The monoisotopic (exact) mass is 443 g/mol. The van der Waals surface area contributed by atoms with Gasteiger partial charge in [-0.1, -0.05) is 0 Å². The van der Waals surface area contributed by atoms with E-state index in [0.29, 0.717) is 53.8 Å². The van der Waals surface area contributed by atoms with Crippen molar-refractivity contribution in [3.05, 3.63) is 52.1 Å². The summed E-state index contributed by atoms with van der Waals surface area (Å²) < 4.78 is 15.1. The van der Waals surface area contributed by atoms with Crippen molar-refractivity contribution in [2.45, 2.75) is 65.0 Å². The van der Waals surface area contributed by atoms with Crippen LogP contribution in [0.15, 0.2) is 18.2 Å². The van der Waals surface area contributed by atoms with Gasteiger partial charge in [-0.2, -0.15) is 0 Å². The zero-order valence-electron chi connectivity index (χ0n) is 19.1. The van der Waals surface area contributed by atoms with Crippen LogP contribution in [0.4, 0.5) is 10.1 Å². The van der Waals surface area contributed by atoms with E-state index in [9.17, 15) is 23.9 Å². The van der Waals surface area contributed by atoms with Gasteiger partial charge in [-0.3, -0.25) is 14.4 Å². The summed E-state index contributed by atoms with van der Waals surface area (Å²) in [5.41, 5.74) is 1.53. The van der Waals surface area contributed by atoms with Crippen LogP contribution in [-0.2, 0) is 11.8 Å². The number of Topliss-reactive ketones (excluding diaryl/α,β-unsaturated/α-hetero) is 1. The number of aliphatic hydroxyl groups is 1. The van der Waals surface area contributed by atoms with Gasteiger partial charge in [0.25, 0.3) is 17.6 Å². The summed E-state index contributed by atoms with van der Waals surface area (Å²) in [6, 6.07) is 4.11. The molecule has 1 heterocycles. The molecular formula is C24H30FN3O4. The van der Waals surface area contributed by atoms with Crippen LogP contribution < -0.4 is 10.6 Å². The number of nitrogens with zero attached hydrogens (tertiary/aromatic N) is 1. The summed E-state index contributed by atoms with van der Waals surface area (Å²) in [6.07, 6.45) is 2.31. The topological polar surface area (TPSA) is 100 Å². The lowest BCUT2D eigenvalue weighted by Gasteiger charge is -2.33. The van der Waals surface area contributed by atoms with Crippen molar-refractivity contribution < 1.29 is 23.9 Å². The van der Waals surface area contributed by atoms with Gasteiger partial charge in [-0.05, 0) is 82.7 Å². The molecule has 1 fully saturated rings. The highest BCUT2D eigenvalue weighted by molar-refractivity contribution is 6.43. The van der Waals surface area contributed by atoms with Crippen LogP contribution in [0.25, 0.3) is 0 Å². The van der Waals surface area contributed by atoms with Gasteiger partial charge in [-0.25, -0.2) is 4.39 Å². The minimum Gasteiger partial charge on any atom is -0.390 e. The number of aromatic nitrogens is 1. The molecule has 172 valence electrons. The number of nitrogens with one attached hydrogen (secondary N) is 2. The van der Waals surface area contributed by atoms with E-state index in [2.05, 4.69) is 10.6 Å². The van der Waals surface area contributed by atoms with Gasteiger partial charge in [0, 0.05) is 24.5 Å². The molecule has 3 N–H and O–H groups in total. The molecular weight excluding hydrogens is 413 g/mol. The molecule has 32 heavy (non-hydrogen) atoms. The van der Waals surface area contributed by atoms with Crippen molar-refractivity contribution in [3.63, 3.8) is 0 Å². The molecule has 1 aromatic heterocycles. The molecule has 2 amide bonds. The molecule has 0 unspecified atom stereocenters. The highest BCUT2D eigenvalue weighted by Gasteiger charge is 2.33. The Bertz CT molecular complexity index is 1080. The standard InChI is InChI=1S/C24H30FN3O4/c1-13-12-17(6-7-18(13)25)27-22(30)19-14(2)20(28(5)15(19)3)21(29)23(31)26-16-8-10-24(4,32)11-9-16/h6-7,12,16,32H,8-11H2,1-5H3,(H,26,31)(H,27,30)/t16-,24+. The van der Waals surface area contributed by atoms with Crippen LogP contribution in [0.5, 0.6) is 0 Å². The Morgan fingerprint density at radius 2 is 1.78 bits per heavy atom. The van der Waals surface area contributed by atoms with E-state index < -0.39 is 23.2 Å². The molecule has 2 aromatic rings. The third-order valence-corrected chi connectivity index (χ3v) is 6.39. The molecule has 7 nitrogen and oxygen atoms in total. The Hall–Kier alpha value is -3.00. The first-order valence-corrected chi connectivity index (χ1v) is 10.7. The number of halogens is 1. The molecule has 1 aliphatic carbocycles. The van der Waals surface area contributed by atoms with Crippen LogP contribution in [-0.4, -0.2) is 38.9 Å². The van der Waals surface area contributed by atoms with Gasteiger partial charge in [-0.15, -0.1) is 0 Å². The lowest BCUT2D eigenvalue weighted by molar-refractivity contribution is -0.118. The summed E-state index contributed by atoms with van der Waals surface area (Å²) in [4.78, 5) is 38.6. The number of aryl methyl sites for hydroxylation is 1. The fourth-order valence-corrected chi connectivity index (χ4v) is 4.29. The van der Waals surface area contributed by atoms with E-state index in [1.54, 1.807) is 39.3 Å². The normalized spacial score (nSPS) is 20.7. The fourth-order valence-electron chi connectivity index (χ4n) is 4.29. The minimum absolute atomic E-state index is 0.156. The van der Waals surface area contributed by atoms with Gasteiger partial charge in [0.15, 0.2) is 0 Å². The molecule has 0 atom stereocenters. The van der Waals surface area contributed by atoms with Crippen LogP contribution in [0.2, 0.25) is 0 Å². The van der Waals surface area contributed by atoms with Gasteiger partial charge < -0.3 is 20.3 Å². The summed E-state index contributed by atoms with van der Waals surface area (Å²) >= 11 is 0. The molecule has 0 saturated heterocycles. The van der Waals surface area contributed by atoms with Gasteiger partial charge in [0.2, 0.25) is 0 Å². The first kappa shape index (κ1) is 23.7. The zero-order valence-corrected chi connectivity index (χ0v) is 19.1. The maximum absolute atomic E-state index is 13.5. The Morgan fingerprint density at radius 3 is 2.38 bits per heavy atom. The lowest BCUT2D eigenvalue weighted by Crippen LogP contribution is -2.44. The molecule has 3 rings (SSSR count). The van der Waals surface area contributed by atoms with Gasteiger partial charge >= 0.3 is 0 Å². The SMILES string of the molecule is Cc1cc(NC(=O)c2c(C)c(C(=O)C(=O)N[C@H]3CC[C@@](C)(O)CC3)n(C)c2C)ccc1F. The first-order chi connectivity index (χ1) is 14.9. The number of benzene rings is 1. The van der Waals surface area contributed by atoms with E-state index in [1.165, 1.54) is 18.2 Å². The molecule has 0 bridgehead atoms. The highest BCUT2D eigenvalue weighted by Crippen LogP contribution is 2.28.